The smallest absolute Gasteiger partial charge is 0.0845 e. The zero-order chi connectivity index (χ0) is 12.0. The van der Waals surface area contributed by atoms with Crippen LogP contribution in [0, 0.1) is 23.7 Å². The van der Waals surface area contributed by atoms with Crippen LogP contribution in [-0.2, 0) is 6.42 Å². The van der Waals surface area contributed by atoms with E-state index in [1.54, 1.807) is 5.57 Å². The van der Waals surface area contributed by atoms with Crippen LogP contribution < -0.4 is 5.32 Å². The molecule has 0 spiro atoms. The van der Waals surface area contributed by atoms with Gasteiger partial charge in [0.05, 0.1) is 17.1 Å². The lowest BCUT2D eigenvalue weighted by molar-refractivity contribution is 0.425. The van der Waals surface area contributed by atoms with E-state index in [4.69, 9.17) is 0 Å². The molecule has 0 aromatic carbocycles. The average Bonchev–Trinajstić information content (AvgIpc) is 2.74. The van der Waals surface area contributed by atoms with E-state index in [9.17, 15) is 0 Å². The molecule has 1 saturated heterocycles. The molecule has 0 bridgehead atoms. The number of fused-ring (bicyclic) bond motifs is 2. The van der Waals surface area contributed by atoms with Crippen LogP contribution in [0.1, 0.15) is 29.9 Å². The molecular formula is C15H17N3. The van der Waals surface area contributed by atoms with Crippen molar-refractivity contribution in [2.45, 2.75) is 26.2 Å². The number of rotatable bonds is 0. The first-order valence-electron chi connectivity index (χ1n) is 6.98. The lowest BCUT2D eigenvalue weighted by Gasteiger charge is -2.26. The van der Waals surface area contributed by atoms with Crippen LogP contribution in [0.25, 0.3) is 6.08 Å². The number of hydrogen-bond donors (Lipinski definition) is 1. The van der Waals surface area contributed by atoms with Crippen molar-refractivity contribution < 1.29 is 0 Å². The molecule has 0 amide bonds. The molecule has 2 saturated carbocycles. The van der Waals surface area contributed by atoms with Crippen LogP contribution in [0.5, 0.6) is 0 Å². The molecule has 3 fully saturated rings. The zero-order valence-electron chi connectivity index (χ0n) is 10.7. The maximum atomic E-state index is 4.68. The number of piperidine rings is 1. The summed E-state index contributed by atoms with van der Waals surface area (Å²) in [5.41, 5.74) is 6.23. The summed E-state index contributed by atoms with van der Waals surface area (Å²) in [5, 5.41) is 3.59. The Kier molecular flexibility index (Phi) is 1.45. The highest BCUT2D eigenvalue weighted by Crippen LogP contribution is 2.79. The molecule has 1 aliphatic heterocycles. The van der Waals surface area contributed by atoms with Crippen molar-refractivity contribution in [3.63, 3.8) is 0 Å². The normalized spacial score (nSPS) is 42.7. The fourth-order valence-electron chi connectivity index (χ4n) is 4.98. The molecule has 3 heteroatoms. The van der Waals surface area contributed by atoms with Gasteiger partial charge in [-0.2, -0.15) is 0 Å². The summed E-state index contributed by atoms with van der Waals surface area (Å²) in [5.74, 6) is 0.754. The van der Waals surface area contributed by atoms with Gasteiger partial charge in [0.2, 0.25) is 0 Å². The fourth-order valence-corrected chi connectivity index (χ4v) is 4.98. The third-order valence-corrected chi connectivity index (χ3v) is 5.78. The predicted octanol–water partition coefficient (Wildman–Crippen LogP) is 1.72. The summed E-state index contributed by atoms with van der Waals surface area (Å²) in [7, 11) is 0. The summed E-state index contributed by atoms with van der Waals surface area (Å²) >= 11 is 0. The molecule has 1 aromatic heterocycles. The molecular weight excluding hydrogens is 222 g/mol. The molecule has 2 heterocycles. The van der Waals surface area contributed by atoms with Gasteiger partial charge in [-0.3, -0.25) is 9.97 Å². The second-order valence-electron chi connectivity index (χ2n) is 6.69. The van der Waals surface area contributed by atoms with Crippen molar-refractivity contribution in [1.29, 1.82) is 0 Å². The topological polar surface area (TPSA) is 37.8 Å². The van der Waals surface area contributed by atoms with Gasteiger partial charge in [-0.05, 0) is 43.6 Å². The van der Waals surface area contributed by atoms with Crippen molar-refractivity contribution >= 4 is 6.08 Å². The Hall–Kier alpha value is -1.22. The van der Waals surface area contributed by atoms with Gasteiger partial charge in [0.1, 0.15) is 0 Å². The standard InChI is InChI=1S/C15H17N3/c1-9-5-17-12-3-11-10(2-13(12)18-9)4-14-6-15(11,14)8-16-7-14/h3,5,10,16H,2,4,6-8H2,1H3. The van der Waals surface area contributed by atoms with Crippen LogP contribution in [-0.4, -0.2) is 23.1 Å². The highest BCUT2D eigenvalue weighted by atomic mass is 15.0. The van der Waals surface area contributed by atoms with Gasteiger partial charge in [0.15, 0.2) is 0 Å². The van der Waals surface area contributed by atoms with Crippen LogP contribution >= 0.6 is 0 Å². The number of aromatic nitrogens is 2. The van der Waals surface area contributed by atoms with E-state index < -0.39 is 0 Å². The van der Waals surface area contributed by atoms with Crippen molar-refractivity contribution in [2.75, 3.05) is 13.1 Å². The van der Waals surface area contributed by atoms with Gasteiger partial charge in [0, 0.05) is 24.7 Å². The van der Waals surface area contributed by atoms with Gasteiger partial charge >= 0.3 is 0 Å². The minimum absolute atomic E-state index is 0.516. The molecule has 3 aliphatic carbocycles. The molecule has 18 heavy (non-hydrogen) atoms. The Labute approximate surface area is 107 Å². The molecule has 1 aromatic rings. The van der Waals surface area contributed by atoms with Gasteiger partial charge in [0.25, 0.3) is 0 Å². The summed E-state index contributed by atoms with van der Waals surface area (Å²) in [6, 6.07) is 0. The van der Waals surface area contributed by atoms with Gasteiger partial charge in [-0.25, -0.2) is 0 Å². The summed E-state index contributed by atoms with van der Waals surface area (Å²) in [6.45, 7) is 4.47. The molecule has 3 atom stereocenters. The Morgan fingerprint density at radius 2 is 2.33 bits per heavy atom. The number of aryl methyl sites for hydroxylation is 1. The molecule has 4 aliphatic rings. The first-order chi connectivity index (χ1) is 8.72. The van der Waals surface area contributed by atoms with Crippen molar-refractivity contribution in [2.24, 2.45) is 16.7 Å². The third kappa shape index (κ3) is 0.902. The number of nitrogens with one attached hydrogen (secondary N) is 1. The highest BCUT2D eigenvalue weighted by molar-refractivity contribution is 5.62. The average molecular weight is 239 g/mol. The SMILES string of the molecule is Cc1cnc2c(n1)CC1CC34CNCC3(C4)C1=C2. The van der Waals surface area contributed by atoms with Crippen molar-refractivity contribution in [1.82, 2.24) is 15.3 Å². The van der Waals surface area contributed by atoms with Crippen LogP contribution in [0.15, 0.2) is 11.8 Å². The molecule has 1 N–H and O–H groups in total. The van der Waals surface area contributed by atoms with Gasteiger partial charge in [-0.1, -0.05) is 5.57 Å². The number of hydrogen-bond acceptors (Lipinski definition) is 3. The quantitative estimate of drug-likeness (QED) is 0.749. The first-order valence-corrected chi connectivity index (χ1v) is 6.98. The largest absolute Gasteiger partial charge is 0.315 e. The van der Waals surface area contributed by atoms with Crippen molar-refractivity contribution in [3.05, 3.63) is 28.9 Å². The Morgan fingerprint density at radius 3 is 3.28 bits per heavy atom. The third-order valence-electron chi connectivity index (χ3n) is 5.78. The van der Waals surface area contributed by atoms with Crippen molar-refractivity contribution in [3.8, 4) is 0 Å². The Morgan fingerprint density at radius 1 is 1.39 bits per heavy atom. The zero-order valence-corrected chi connectivity index (χ0v) is 10.7. The maximum absolute atomic E-state index is 4.68. The minimum atomic E-state index is 0.516. The van der Waals surface area contributed by atoms with E-state index >= 15 is 0 Å². The minimum Gasteiger partial charge on any atom is -0.315 e. The van der Waals surface area contributed by atoms with Gasteiger partial charge in [-0.15, -0.1) is 0 Å². The highest BCUT2D eigenvalue weighted by Gasteiger charge is 2.76. The second-order valence-corrected chi connectivity index (χ2v) is 6.69. The lowest BCUT2D eigenvalue weighted by atomic mass is 9.82. The van der Waals surface area contributed by atoms with Gasteiger partial charge < -0.3 is 5.32 Å². The molecule has 92 valence electrons. The Bertz CT molecular complexity index is 602. The first kappa shape index (κ1) is 9.68. The molecule has 3 unspecified atom stereocenters. The van der Waals surface area contributed by atoms with E-state index in [0.29, 0.717) is 10.8 Å². The molecule has 5 rings (SSSR count). The maximum Gasteiger partial charge on any atom is 0.0845 e. The summed E-state index contributed by atoms with van der Waals surface area (Å²) < 4.78 is 0. The van der Waals surface area contributed by atoms with Crippen LogP contribution in [0.2, 0.25) is 0 Å². The number of nitrogens with zero attached hydrogens (tertiary/aromatic N) is 2. The predicted molar refractivity (Wildman–Crippen MR) is 68.9 cm³/mol. The monoisotopic (exact) mass is 239 g/mol. The van der Waals surface area contributed by atoms with E-state index in [2.05, 4.69) is 21.4 Å². The van der Waals surface area contributed by atoms with E-state index in [0.717, 1.165) is 23.7 Å². The van der Waals surface area contributed by atoms with Crippen LogP contribution in [0.3, 0.4) is 0 Å². The van der Waals surface area contributed by atoms with E-state index in [-0.39, 0.29) is 0 Å². The Balaban J connectivity index is 1.67. The summed E-state index contributed by atoms with van der Waals surface area (Å²) in [6.07, 6.45) is 8.19. The fraction of sp³-hybridized carbons (Fsp3) is 0.600. The van der Waals surface area contributed by atoms with E-state index in [1.165, 1.54) is 31.6 Å². The van der Waals surface area contributed by atoms with E-state index in [1.807, 2.05) is 13.1 Å². The lowest BCUT2D eigenvalue weighted by Crippen LogP contribution is -2.25. The summed E-state index contributed by atoms with van der Waals surface area (Å²) in [4.78, 5) is 9.26. The van der Waals surface area contributed by atoms with Crippen LogP contribution in [0.4, 0.5) is 0 Å². The molecule has 0 radical (unpaired) electrons. The molecule has 3 nitrogen and oxygen atoms in total. The second kappa shape index (κ2) is 2.69.